The predicted molar refractivity (Wildman–Crippen MR) is 100 cm³/mol. The third-order valence-corrected chi connectivity index (χ3v) is 4.35. The van der Waals surface area contributed by atoms with E-state index in [4.69, 9.17) is 0 Å². The molecule has 1 N–H and O–H groups in total. The number of aryl methyl sites for hydroxylation is 3. The van der Waals surface area contributed by atoms with Crippen molar-refractivity contribution in [3.63, 3.8) is 0 Å². The van der Waals surface area contributed by atoms with E-state index in [0.29, 0.717) is 17.2 Å². The lowest BCUT2D eigenvalue weighted by Crippen LogP contribution is -2.16. The van der Waals surface area contributed by atoms with Crippen molar-refractivity contribution in [3.8, 4) is 0 Å². The van der Waals surface area contributed by atoms with Crippen LogP contribution in [0.25, 0.3) is 16.7 Å². The van der Waals surface area contributed by atoms with Gasteiger partial charge in [-0.1, -0.05) is 19.1 Å². The average Bonchev–Trinajstić information content (AvgIpc) is 3.17. The molecule has 0 atom stereocenters. The second kappa shape index (κ2) is 6.25. The molecule has 26 heavy (non-hydrogen) atoms. The number of benzene rings is 1. The van der Waals surface area contributed by atoms with Crippen molar-refractivity contribution in [1.82, 2.24) is 24.1 Å². The van der Waals surface area contributed by atoms with Crippen LogP contribution in [0, 0.1) is 13.8 Å². The second-order valence-corrected chi connectivity index (χ2v) is 6.36. The Kier molecular flexibility index (Phi) is 3.91. The Morgan fingerprint density at radius 3 is 2.81 bits per heavy atom. The fraction of sp³-hybridized carbons (Fsp3) is 0.263. The summed E-state index contributed by atoms with van der Waals surface area (Å²) in [4.78, 5) is 21.9. The van der Waals surface area contributed by atoms with Crippen molar-refractivity contribution in [2.24, 2.45) is 0 Å². The van der Waals surface area contributed by atoms with Gasteiger partial charge in [0.25, 0.3) is 5.91 Å². The summed E-state index contributed by atoms with van der Waals surface area (Å²) in [5.41, 5.74) is 4.65. The molecule has 1 aromatic carbocycles. The Morgan fingerprint density at radius 1 is 1.19 bits per heavy atom. The van der Waals surface area contributed by atoms with Gasteiger partial charge in [0, 0.05) is 17.9 Å². The zero-order valence-corrected chi connectivity index (χ0v) is 15.0. The standard InChI is InChI=1S/C19H20N6O/c1-4-9-24-16-8-6-5-7-15(16)22-19(24)23-18(26)14-11-20-25-13(3)10-12(2)21-17(14)25/h5-8,10-11H,4,9H2,1-3H3,(H,22,23,26). The van der Waals surface area contributed by atoms with E-state index in [2.05, 4.69) is 27.3 Å². The Hall–Kier alpha value is -3.22. The largest absolute Gasteiger partial charge is 0.310 e. The van der Waals surface area contributed by atoms with Gasteiger partial charge in [-0.15, -0.1) is 0 Å². The molecule has 4 aromatic rings. The summed E-state index contributed by atoms with van der Waals surface area (Å²) in [7, 11) is 0. The molecule has 0 spiro atoms. The monoisotopic (exact) mass is 348 g/mol. The number of nitrogens with one attached hydrogen (secondary N) is 1. The minimum Gasteiger partial charge on any atom is -0.310 e. The van der Waals surface area contributed by atoms with E-state index >= 15 is 0 Å². The fourth-order valence-corrected chi connectivity index (χ4v) is 3.22. The van der Waals surface area contributed by atoms with E-state index in [1.807, 2.05) is 48.7 Å². The van der Waals surface area contributed by atoms with Gasteiger partial charge < -0.3 is 4.57 Å². The molecule has 7 heteroatoms. The lowest BCUT2D eigenvalue weighted by Gasteiger charge is -2.08. The highest BCUT2D eigenvalue weighted by Crippen LogP contribution is 2.21. The Bertz CT molecular complexity index is 1120. The number of anilines is 1. The second-order valence-electron chi connectivity index (χ2n) is 6.36. The maximum atomic E-state index is 12.9. The van der Waals surface area contributed by atoms with Crippen molar-refractivity contribution in [1.29, 1.82) is 0 Å². The van der Waals surface area contributed by atoms with Crippen LogP contribution in [0.2, 0.25) is 0 Å². The molecule has 0 saturated carbocycles. The summed E-state index contributed by atoms with van der Waals surface area (Å²) in [5.74, 6) is 0.284. The first-order chi connectivity index (χ1) is 12.6. The lowest BCUT2D eigenvalue weighted by atomic mass is 10.3. The van der Waals surface area contributed by atoms with Gasteiger partial charge in [0.05, 0.1) is 17.2 Å². The van der Waals surface area contributed by atoms with E-state index in [1.54, 1.807) is 10.7 Å². The molecule has 0 radical (unpaired) electrons. The predicted octanol–water partition coefficient (Wildman–Crippen LogP) is 3.36. The van der Waals surface area contributed by atoms with Gasteiger partial charge in [0.1, 0.15) is 5.56 Å². The Labute approximate surface area is 150 Å². The van der Waals surface area contributed by atoms with Gasteiger partial charge in [0.15, 0.2) is 5.65 Å². The van der Waals surface area contributed by atoms with Gasteiger partial charge in [-0.2, -0.15) is 5.10 Å². The Balaban J connectivity index is 1.75. The van der Waals surface area contributed by atoms with Crippen LogP contribution in [0.3, 0.4) is 0 Å². The number of amides is 1. The van der Waals surface area contributed by atoms with E-state index in [9.17, 15) is 4.79 Å². The number of para-hydroxylation sites is 2. The highest BCUT2D eigenvalue weighted by atomic mass is 16.1. The van der Waals surface area contributed by atoms with Crippen LogP contribution in [-0.2, 0) is 6.54 Å². The maximum Gasteiger partial charge on any atom is 0.263 e. The van der Waals surface area contributed by atoms with Gasteiger partial charge in [0.2, 0.25) is 5.95 Å². The number of carbonyl (C=O) groups excluding carboxylic acids is 1. The average molecular weight is 348 g/mol. The summed E-state index contributed by atoms with van der Waals surface area (Å²) in [6.07, 6.45) is 2.50. The number of imidazole rings is 1. The van der Waals surface area contributed by atoms with Crippen molar-refractivity contribution < 1.29 is 4.79 Å². The first-order valence-electron chi connectivity index (χ1n) is 8.67. The molecule has 7 nitrogen and oxygen atoms in total. The molecule has 1 amide bonds. The van der Waals surface area contributed by atoms with Gasteiger partial charge in [-0.05, 0) is 38.5 Å². The fourth-order valence-electron chi connectivity index (χ4n) is 3.22. The number of rotatable bonds is 4. The molecule has 0 aliphatic rings. The normalized spacial score (nSPS) is 11.3. The highest BCUT2D eigenvalue weighted by molar-refractivity contribution is 6.08. The third kappa shape index (κ3) is 2.61. The molecular weight excluding hydrogens is 328 g/mol. The smallest absolute Gasteiger partial charge is 0.263 e. The Morgan fingerprint density at radius 2 is 2.00 bits per heavy atom. The number of fused-ring (bicyclic) bond motifs is 2. The molecule has 0 aliphatic carbocycles. The maximum absolute atomic E-state index is 12.9. The van der Waals surface area contributed by atoms with Gasteiger partial charge >= 0.3 is 0 Å². The van der Waals surface area contributed by atoms with Crippen LogP contribution in [0.4, 0.5) is 5.95 Å². The summed E-state index contributed by atoms with van der Waals surface area (Å²) < 4.78 is 3.71. The lowest BCUT2D eigenvalue weighted by molar-refractivity contribution is 0.102. The van der Waals surface area contributed by atoms with Crippen LogP contribution in [0.5, 0.6) is 0 Å². The van der Waals surface area contributed by atoms with Crippen molar-refractivity contribution in [2.75, 3.05) is 5.32 Å². The topological polar surface area (TPSA) is 77.1 Å². The summed E-state index contributed by atoms with van der Waals surface area (Å²) >= 11 is 0. The molecule has 0 aliphatic heterocycles. The quantitative estimate of drug-likeness (QED) is 0.613. The number of hydrogen-bond acceptors (Lipinski definition) is 4. The van der Waals surface area contributed by atoms with Crippen LogP contribution >= 0.6 is 0 Å². The SMILES string of the molecule is CCCn1c(NC(=O)c2cnn3c(C)cc(C)nc23)nc2ccccc21. The van der Waals surface area contributed by atoms with Crippen LogP contribution in [-0.4, -0.2) is 30.1 Å². The molecule has 0 bridgehead atoms. The molecule has 132 valence electrons. The van der Waals surface area contributed by atoms with Crippen LogP contribution in [0.1, 0.15) is 35.1 Å². The zero-order valence-electron chi connectivity index (χ0n) is 15.0. The van der Waals surface area contributed by atoms with E-state index in [-0.39, 0.29) is 5.91 Å². The first kappa shape index (κ1) is 16.3. The summed E-state index contributed by atoms with van der Waals surface area (Å²) in [5, 5.41) is 7.23. The number of aromatic nitrogens is 5. The molecule has 3 aromatic heterocycles. The minimum atomic E-state index is -0.259. The third-order valence-electron chi connectivity index (χ3n) is 4.35. The van der Waals surface area contributed by atoms with Crippen molar-refractivity contribution >= 4 is 28.5 Å². The van der Waals surface area contributed by atoms with Crippen molar-refractivity contribution in [3.05, 3.63) is 53.5 Å². The van der Waals surface area contributed by atoms with Crippen molar-refractivity contribution in [2.45, 2.75) is 33.7 Å². The highest BCUT2D eigenvalue weighted by Gasteiger charge is 2.18. The number of nitrogens with zero attached hydrogens (tertiary/aromatic N) is 5. The minimum absolute atomic E-state index is 0.259. The summed E-state index contributed by atoms with van der Waals surface area (Å²) in [6.45, 7) is 6.72. The molecule has 4 rings (SSSR count). The van der Waals surface area contributed by atoms with Crippen LogP contribution in [0.15, 0.2) is 36.5 Å². The number of hydrogen-bond donors (Lipinski definition) is 1. The molecule has 0 saturated heterocycles. The molecule has 0 fully saturated rings. The van der Waals surface area contributed by atoms with E-state index in [0.717, 1.165) is 35.4 Å². The van der Waals surface area contributed by atoms with E-state index in [1.165, 1.54) is 0 Å². The summed E-state index contributed by atoms with van der Waals surface area (Å²) in [6, 6.07) is 9.81. The van der Waals surface area contributed by atoms with Gasteiger partial charge in [-0.25, -0.2) is 14.5 Å². The zero-order chi connectivity index (χ0) is 18.3. The van der Waals surface area contributed by atoms with E-state index < -0.39 is 0 Å². The van der Waals surface area contributed by atoms with Gasteiger partial charge in [-0.3, -0.25) is 10.1 Å². The molecule has 3 heterocycles. The molecular formula is C19H20N6O. The molecule has 0 unspecified atom stereocenters. The van der Waals surface area contributed by atoms with Crippen LogP contribution < -0.4 is 5.32 Å². The first-order valence-corrected chi connectivity index (χ1v) is 8.67. The number of carbonyl (C=O) groups is 1.